The summed E-state index contributed by atoms with van der Waals surface area (Å²) >= 11 is 0. The molecule has 1 aliphatic rings. The third-order valence-corrected chi connectivity index (χ3v) is 1.79. The van der Waals surface area contributed by atoms with Gasteiger partial charge in [0, 0.05) is 0 Å². The summed E-state index contributed by atoms with van der Waals surface area (Å²) < 4.78 is 12.9. The van der Waals surface area contributed by atoms with Crippen molar-refractivity contribution in [2.24, 2.45) is 0 Å². The Morgan fingerprint density at radius 2 is 2.31 bits per heavy atom. The predicted octanol–water partition coefficient (Wildman–Crippen LogP) is -0.220. The molecule has 0 saturated carbocycles. The molecule has 4 heteroatoms. The Labute approximate surface area is 77.3 Å². The minimum atomic E-state index is -1.21. The van der Waals surface area contributed by atoms with E-state index in [4.69, 9.17) is 0 Å². The second-order valence-electron chi connectivity index (χ2n) is 3.41. The lowest BCUT2D eigenvalue weighted by molar-refractivity contribution is -0.137. The van der Waals surface area contributed by atoms with Gasteiger partial charge in [0.25, 0.3) is 5.91 Å². The monoisotopic (exact) mass is 184 g/mol. The fourth-order valence-electron chi connectivity index (χ4n) is 1.18. The third kappa shape index (κ3) is 2.71. The molecule has 0 aromatic carbocycles. The van der Waals surface area contributed by atoms with Crippen molar-refractivity contribution >= 4 is 5.91 Å². The van der Waals surface area contributed by atoms with Crippen LogP contribution in [0.1, 0.15) is 6.92 Å². The molecule has 1 rings (SSSR count). The molecule has 1 saturated heterocycles. The first-order valence-electron chi connectivity index (χ1n) is 4.16. The lowest BCUT2D eigenvalue weighted by Crippen LogP contribution is -2.58. The van der Waals surface area contributed by atoms with Gasteiger partial charge in [-0.3, -0.25) is 4.79 Å². The second-order valence-corrected chi connectivity index (χ2v) is 3.41. The quantitative estimate of drug-likeness (QED) is 0.571. The number of nitrogens with one attached hydrogen (secondary N) is 1. The maximum atomic E-state index is 12.9. The molecule has 1 fully saturated rings. The van der Waals surface area contributed by atoms with Gasteiger partial charge in [-0.1, -0.05) is 5.92 Å². The van der Waals surface area contributed by atoms with Crippen molar-refractivity contribution in [3.05, 3.63) is 0 Å². The number of alkyl halides is 1. The van der Waals surface area contributed by atoms with Gasteiger partial charge in [0.1, 0.15) is 5.67 Å². The highest BCUT2D eigenvalue weighted by Crippen LogP contribution is 2.23. The van der Waals surface area contributed by atoms with Crippen molar-refractivity contribution in [3.63, 3.8) is 0 Å². The largest absolute Gasteiger partial charge is 0.325 e. The summed E-state index contributed by atoms with van der Waals surface area (Å²) in [5.74, 6) is 4.78. The zero-order chi connectivity index (χ0) is 9.90. The van der Waals surface area contributed by atoms with Crippen LogP contribution in [0.15, 0.2) is 0 Å². The average molecular weight is 184 g/mol. The molecule has 0 radical (unpaired) electrons. The lowest BCUT2D eigenvalue weighted by atomic mass is 9.99. The molecule has 0 unspecified atom stereocenters. The van der Waals surface area contributed by atoms with E-state index in [9.17, 15) is 9.18 Å². The van der Waals surface area contributed by atoms with Gasteiger partial charge in [-0.25, -0.2) is 4.39 Å². The van der Waals surface area contributed by atoms with Crippen LogP contribution >= 0.6 is 0 Å². The van der Waals surface area contributed by atoms with E-state index in [1.165, 1.54) is 11.8 Å². The Morgan fingerprint density at radius 1 is 1.69 bits per heavy atom. The molecule has 0 aromatic heterocycles. The van der Waals surface area contributed by atoms with Crippen LogP contribution < -0.4 is 5.32 Å². The first kappa shape index (κ1) is 10.0. The number of hydrogen-bond donors (Lipinski definition) is 1. The Hall–Kier alpha value is -1.08. The molecule has 1 heterocycles. The molecule has 1 aliphatic heterocycles. The summed E-state index contributed by atoms with van der Waals surface area (Å²) in [7, 11) is 1.75. The molecular weight excluding hydrogens is 171 g/mol. The smallest absolute Gasteiger partial charge is 0.298 e. The van der Waals surface area contributed by atoms with E-state index >= 15 is 0 Å². The van der Waals surface area contributed by atoms with Crippen LogP contribution in [0.4, 0.5) is 4.39 Å². The van der Waals surface area contributed by atoms with Crippen LogP contribution in [0.5, 0.6) is 0 Å². The van der Waals surface area contributed by atoms with Gasteiger partial charge in [0.2, 0.25) is 0 Å². The van der Waals surface area contributed by atoms with Crippen LogP contribution in [0.3, 0.4) is 0 Å². The first-order chi connectivity index (χ1) is 6.05. The average Bonchev–Trinajstić information content (AvgIpc) is 2.00. The number of carbonyl (C=O) groups is 1. The third-order valence-electron chi connectivity index (χ3n) is 1.79. The topological polar surface area (TPSA) is 32.3 Å². The van der Waals surface area contributed by atoms with Crippen molar-refractivity contribution in [1.82, 2.24) is 10.2 Å². The standard InChI is InChI=1S/C9H13FN2O/c1-9(10)6-12(7-9)8(13)4-3-5-11-2/h11H,5-7H2,1-2H3. The summed E-state index contributed by atoms with van der Waals surface area (Å²) in [6, 6.07) is 0. The second kappa shape index (κ2) is 3.75. The summed E-state index contributed by atoms with van der Waals surface area (Å²) in [6.45, 7) is 2.30. The van der Waals surface area contributed by atoms with Crippen molar-refractivity contribution in [3.8, 4) is 11.8 Å². The van der Waals surface area contributed by atoms with Gasteiger partial charge in [0.05, 0.1) is 19.6 Å². The van der Waals surface area contributed by atoms with Gasteiger partial charge in [-0.2, -0.15) is 0 Å². The van der Waals surface area contributed by atoms with Gasteiger partial charge in [-0.05, 0) is 19.9 Å². The maximum Gasteiger partial charge on any atom is 0.298 e. The van der Waals surface area contributed by atoms with Gasteiger partial charge in [0.15, 0.2) is 0 Å². The summed E-state index contributed by atoms with van der Waals surface area (Å²) in [5, 5.41) is 2.80. The predicted molar refractivity (Wildman–Crippen MR) is 47.8 cm³/mol. The molecule has 0 bridgehead atoms. The molecule has 0 atom stereocenters. The van der Waals surface area contributed by atoms with E-state index in [1.807, 2.05) is 0 Å². The summed E-state index contributed by atoms with van der Waals surface area (Å²) in [6.07, 6.45) is 0. The molecule has 3 nitrogen and oxygen atoms in total. The first-order valence-corrected chi connectivity index (χ1v) is 4.16. The molecular formula is C9H13FN2O. The Bertz CT molecular complexity index is 257. The molecule has 1 amide bonds. The molecule has 72 valence electrons. The number of amides is 1. The molecule has 13 heavy (non-hydrogen) atoms. The summed E-state index contributed by atoms with van der Waals surface area (Å²) in [4.78, 5) is 12.6. The highest BCUT2D eigenvalue weighted by Gasteiger charge is 2.40. The van der Waals surface area contributed by atoms with E-state index in [-0.39, 0.29) is 19.0 Å². The SMILES string of the molecule is CNCC#CC(=O)N1CC(C)(F)C1. The minimum Gasteiger partial charge on any atom is -0.325 e. The number of nitrogens with zero attached hydrogens (tertiary/aromatic N) is 1. The van der Waals surface area contributed by atoms with E-state index < -0.39 is 5.67 Å². The summed E-state index contributed by atoms with van der Waals surface area (Å²) in [5.41, 5.74) is -1.21. The molecule has 0 aliphatic carbocycles. The van der Waals surface area contributed by atoms with Crippen molar-refractivity contribution in [2.75, 3.05) is 26.7 Å². The van der Waals surface area contributed by atoms with Crippen molar-refractivity contribution < 1.29 is 9.18 Å². The van der Waals surface area contributed by atoms with Crippen LogP contribution in [0, 0.1) is 11.8 Å². The van der Waals surface area contributed by atoms with E-state index in [0.29, 0.717) is 6.54 Å². The molecule has 0 spiro atoms. The normalized spacial score (nSPS) is 18.5. The van der Waals surface area contributed by atoms with Crippen molar-refractivity contribution in [1.29, 1.82) is 0 Å². The fourth-order valence-corrected chi connectivity index (χ4v) is 1.18. The van der Waals surface area contributed by atoms with E-state index in [2.05, 4.69) is 17.2 Å². The van der Waals surface area contributed by atoms with Crippen LogP contribution in [0.25, 0.3) is 0 Å². The van der Waals surface area contributed by atoms with E-state index in [0.717, 1.165) is 0 Å². The zero-order valence-corrected chi connectivity index (χ0v) is 7.85. The van der Waals surface area contributed by atoms with Crippen molar-refractivity contribution in [2.45, 2.75) is 12.6 Å². The number of halogens is 1. The van der Waals surface area contributed by atoms with Crippen LogP contribution in [-0.4, -0.2) is 43.2 Å². The van der Waals surface area contributed by atoms with Gasteiger partial charge in [-0.15, -0.1) is 0 Å². The highest BCUT2D eigenvalue weighted by molar-refractivity contribution is 5.94. The number of carbonyl (C=O) groups excluding carboxylic acids is 1. The zero-order valence-electron chi connectivity index (χ0n) is 7.85. The number of likely N-dealkylation sites (tertiary alicyclic amines) is 1. The Morgan fingerprint density at radius 3 is 2.77 bits per heavy atom. The highest BCUT2D eigenvalue weighted by atomic mass is 19.1. The van der Waals surface area contributed by atoms with Gasteiger partial charge >= 0.3 is 0 Å². The van der Waals surface area contributed by atoms with Crippen LogP contribution in [0.2, 0.25) is 0 Å². The lowest BCUT2D eigenvalue weighted by Gasteiger charge is -2.40. The molecule has 0 aromatic rings. The fraction of sp³-hybridized carbons (Fsp3) is 0.667. The van der Waals surface area contributed by atoms with E-state index in [1.54, 1.807) is 7.05 Å². The Kier molecular flexibility index (Phi) is 2.89. The van der Waals surface area contributed by atoms with Crippen LogP contribution in [-0.2, 0) is 4.79 Å². The number of hydrogen-bond acceptors (Lipinski definition) is 2. The van der Waals surface area contributed by atoms with Gasteiger partial charge < -0.3 is 10.2 Å². The maximum absolute atomic E-state index is 12.9. The number of rotatable bonds is 1. The Balaban J connectivity index is 2.32. The molecule has 1 N–H and O–H groups in total. The minimum absolute atomic E-state index is 0.167.